The Morgan fingerprint density at radius 3 is 2.47 bits per heavy atom. The maximum absolute atomic E-state index is 11.5. The van der Waals surface area contributed by atoms with Crippen molar-refractivity contribution >= 4 is 28.9 Å². The van der Waals surface area contributed by atoms with Gasteiger partial charge in [-0.2, -0.15) is 0 Å². The number of hydrogen-bond donors (Lipinski definition) is 3. The van der Waals surface area contributed by atoms with E-state index in [-0.39, 0.29) is 17.1 Å². The van der Waals surface area contributed by atoms with Crippen LogP contribution in [0, 0.1) is 0 Å². The lowest BCUT2D eigenvalue weighted by Gasteiger charge is -2.13. The number of hydrogen-bond acceptors (Lipinski definition) is 3. The number of nitrogens with two attached hydrogens (primary N) is 1. The van der Waals surface area contributed by atoms with Crippen molar-refractivity contribution in [3.05, 3.63) is 24.3 Å². The fourth-order valence-electron chi connectivity index (χ4n) is 1.11. The van der Waals surface area contributed by atoms with Crippen molar-refractivity contribution in [2.75, 3.05) is 12.4 Å². The van der Waals surface area contributed by atoms with E-state index in [4.69, 9.17) is 22.7 Å². The van der Waals surface area contributed by atoms with Gasteiger partial charge in [-0.05, 0) is 31.2 Å². The van der Waals surface area contributed by atoms with Crippen molar-refractivity contribution in [3.63, 3.8) is 0 Å². The maximum atomic E-state index is 11.5. The highest BCUT2D eigenvalue weighted by molar-refractivity contribution is 7.80. The average Bonchev–Trinajstić information content (AvgIpc) is 2.29. The molecule has 1 unspecified atom stereocenters. The minimum Gasteiger partial charge on any atom is -0.497 e. The zero-order chi connectivity index (χ0) is 12.8. The first-order valence-electron chi connectivity index (χ1n) is 5.04. The molecule has 0 bridgehead atoms. The number of ether oxygens (including phenoxy) is 1. The molecule has 1 aromatic rings. The zero-order valence-electron chi connectivity index (χ0n) is 9.69. The van der Waals surface area contributed by atoms with Gasteiger partial charge >= 0.3 is 6.03 Å². The number of urea groups is 1. The van der Waals surface area contributed by atoms with E-state index in [1.54, 1.807) is 38.3 Å². The lowest BCUT2D eigenvalue weighted by Crippen LogP contribution is -2.43. The molecule has 6 heteroatoms. The van der Waals surface area contributed by atoms with Crippen molar-refractivity contribution in [2.45, 2.75) is 13.0 Å². The third kappa shape index (κ3) is 4.28. The Hall–Kier alpha value is -1.82. The Morgan fingerprint density at radius 1 is 1.41 bits per heavy atom. The van der Waals surface area contributed by atoms with Gasteiger partial charge in [0.15, 0.2) is 0 Å². The number of anilines is 1. The minimum absolute atomic E-state index is 0.245. The third-order valence-corrected chi connectivity index (χ3v) is 2.48. The summed E-state index contributed by atoms with van der Waals surface area (Å²) in [7, 11) is 1.58. The van der Waals surface area contributed by atoms with E-state index in [0.717, 1.165) is 5.75 Å². The van der Waals surface area contributed by atoms with Crippen LogP contribution in [0.1, 0.15) is 6.92 Å². The molecule has 0 radical (unpaired) electrons. The number of nitrogens with one attached hydrogen (secondary N) is 2. The Labute approximate surface area is 105 Å². The highest BCUT2D eigenvalue weighted by atomic mass is 32.1. The predicted octanol–water partition coefficient (Wildman–Crippen LogP) is 1.49. The van der Waals surface area contributed by atoms with Crippen LogP contribution >= 0.6 is 12.2 Å². The largest absolute Gasteiger partial charge is 0.497 e. The minimum atomic E-state index is -0.351. The van der Waals surface area contributed by atoms with Gasteiger partial charge < -0.3 is 21.1 Å². The van der Waals surface area contributed by atoms with Crippen molar-refractivity contribution in [1.29, 1.82) is 0 Å². The maximum Gasteiger partial charge on any atom is 0.319 e. The van der Waals surface area contributed by atoms with Crippen LogP contribution in [0.4, 0.5) is 10.5 Å². The van der Waals surface area contributed by atoms with Crippen LogP contribution in [-0.2, 0) is 0 Å². The summed E-state index contributed by atoms with van der Waals surface area (Å²) in [5.41, 5.74) is 6.05. The summed E-state index contributed by atoms with van der Waals surface area (Å²) >= 11 is 4.75. The first-order valence-corrected chi connectivity index (χ1v) is 5.44. The van der Waals surface area contributed by atoms with Gasteiger partial charge in [0.2, 0.25) is 0 Å². The van der Waals surface area contributed by atoms with Crippen LogP contribution in [0.3, 0.4) is 0 Å². The van der Waals surface area contributed by atoms with Gasteiger partial charge in [0.05, 0.1) is 18.1 Å². The smallest absolute Gasteiger partial charge is 0.319 e. The average molecular weight is 253 g/mol. The summed E-state index contributed by atoms with van der Waals surface area (Å²) < 4.78 is 5.01. The number of amides is 2. The first-order chi connectivity index (χ1) is 8.02. The van der Waals surface area contributed by atoms with Gasteiger partial charge in [0.1, 0.15) is 5.75 Å². The number of rotatable bonds is 4. The molecule has 0 spiro atoms. The van der Waals surface area contributed by atoms with E-state index in [9.17, 15) is 4.79 Å². The van der Waals surface area contributed by atoms with Crippen LogP contribution in [0.5, 0.6) is 5.75 Å². The van der Waals surface area contributed by atoms with Crippen LogP contribution in [0.25, 0.3) is 0 Å². The monoisotopic (exact) mass is 253 g/mol. The Bertz CT molecular complexity index is 406. The summed E-state index contributed by atoms with van der Waals surface area (Å²) in [6.07, 6.45) is 0. The van der Waals surface area contributed by atoms with Crippen LogP contribution in [0.15, 0.2) is 24.3 Å². The van der Waals surface area contributed by atoms with Crippen molar-refractivity contribution in [3.8, 4) is 5.75 Å². The molecule has 2 amide bonds. The Kier molecular flexibility index (Phi) is 4.71. The predicted molar refractivity (Wildman–Crippen MR) is 71.4 cm³/mol. The normalized spacial score (nSPS) is 11.4. The van der Waals surface area contributed by atoms with E-state index in [0.29, 0.717) is 5.69 Å². The van der Waals surface area contributed by atoms with E-state index >= 15 is 0 Å². The van der Waals surface area contributed by atoms with Crippen LogP contribution in [-0.4, -0.2) is 24.2 Å². The number of carbonyl (C=O) groups is 1. The molecule has 92 valence electrons. The summed E-state index contributed by atoms with van der Waals surface area (Å²) in [6.45, 7) is 1.72. The summed E-state index contributed by atoms with van der Waals surface area (Å²) in [6, 6.07) is 6.30. The second-order valence-corrected chi connectivity index (χ2v) is 3.92. The molecule has 0 aliphatic carbocycles. The molecule has 1 atom stereocenters. The number of carbonyl (C=O) groups excluding carboxylic acids is 1. The topological polar surface area (TPSA) is 76.4 Å². The summed E-state index contributed by atoms with van der Waals surface area (Å²) in [5, 5.41) is 5.27. The molecule has 0 fully saturated rings. The lowest BCUT2D eigenvalue weighted by molar-refractivity contribution is 0.251. The molecule has 1 aromatic carbocycles. The Balaban J connectivity index is 2.53. The van der Waals surface area contributed by atoms with Gasteiger partial charge in [-0.3, -0.25) is 0 Å². The van der Waals surface area contributed by atoms with Crippen LogP contribution < -0.4 is 21.1 Å². The van der Waals surface area contributed by atoms with E-state index in [1.165, 1.54) is 0 Å². The van der Waals surface area contributed by atoms with Crippen molar-refractivity contribution < 1.29 is 9.53 Å². The fourth-order valence-corrected chi connectivity index (χ4v) is 1.17. The summed E-state index contributed by atoms with van der Waals surface area (Å²) in [4.78, 5) is 11.8. The van der Waals surface area contributed by atoms with Gasteiger partial charge in [-0.15, -0.1) is 0 Å². The van der Waals surface area contributed by atoms with Gasteiger partial charge in [0, 0.05) is 5.69 Å². The molecule has 4 N–H and O–H groups in total. The van der Waals surface area contributed by atoms with E-state index < -0.39 is 0 Å². The number of methoxy groups -OCH3 is 1. The second kappa shape index (κ2) is 6.05. The van der Waals surface area contributed by atoms with Gasteiger partial charge in [-0.1, -0.05) is 12.2 Å². The molecule has 0 heterocycles. The highest BCUT2D eigenvalue weighted by Gasteiger charge is 2.08. The molecule has 0 saturated carbocycles. The second-order valence-electron chi connectivity index (χ2n) is 3.45. The first kappa shape index (κ1) is 13.2. The fraction of sp³-hybridized carbons (Fsp3) is 0.273. The molecular formula is C11H15N3O2S. The van der Waals surface area contributed by atoms with Crippen molar-refractivity contribution in [2.24, 2.45) is 5.73 Å². The molecule has 0 saturated heterocycles. The molecule has 5 nitrogen and oxygen atoms in total. The van der Waals surface area contributed by atoms with E-state index in [1.807, 2.05) is 0 Å². The standard InChI is InChI=1S/C11H15N3O2S/c1-7(10(12)17)13-11(15)14-8-3-5-9(16-2)6-4-8/h3-7H,1-2H3,(H2,12,17)(H2,13,14,15). The van der Waals surface area contributed by atoms with Crippen LogP contribution in [0.2, 0.25) is 0 Å². The Morgan fingerprint density at radius 2 is 2.00 bits per heavy atom. The molecule has 17 heavy (non-hydrogen) atoms. The zero-order valence-corrected chi connectivity index (χ0v) is 10.5. The van der Waals surface area contributed by atoms with E-state index in [2.05, 4.69) is 10.6 Å². The molecule has 0 aliphatic heterocycles. The molecular weight excluding hydrogens is 238 g/mol. The quantitative estimate of drug-likeness (QED) is 0.711. The number of benzene rings is 1. The molecule has 1 rings (SSSR count). The summed E-state index contributed by atoms with van der Waals surface area (Å²) in [5.74, 6) is 0.729. The van der Waals surface area contributed by atoms with Crippen molar-refractivity contribution in [1.82, 2.24) is 5.32 Å². The molecule has 0 aromatic heterocycles. The lowest BCUT2D eigenvalue weighted by atomic mass is 10.3. The highest BCUT2D eigenvalue weighted by Crippen LogP contribution is 2.14. The molecule has 0 aliphatic rings. The SMILES string of the molecule is COc1ccc(NC(=O)NC(C)C(N)=S)cc1. The van der Waals surface area contributed by atoms with Gasteiger partial charge in [-0.25, -0.2) is 4.79 Å². The van der Waals surface area contributed by atoms with Gasteiger partial charge in [0.25, 0.3) is 0 Å². The third-order valence-electron chi connectivity index (χ3n) is 2.12. The number of thiocarbonyl (C=S) groups is 1.